The molecule has 2 unspecified atom stereocenters. The monoisotopic (exact) mass is 409 g/mol. The quantitative estimate of drug-likeness (QED) is 0.631. The standard InChI is InChI=1S/C24H28ClN3O/c1-15(2)12-22-23-18(19-14-17(25)8-9-21(19)27-23)10-11-28(22)24(29)20(26)13-16-6-4-3-5-7-16/h3-9,14-15,20,22,27H,10-13,26H2,1-2H3. The molecule has 0 saturated carbocycles. The van der Waals surface area contributed by atoms with Crippen LogP contribution in [0.15, 0.2) is 48.5 Å². The molecule has 29 heavy (non-hydrogen) atoms. The Hall–Kier alpha value is -2.30. The fraction of sp³-hybridized carbons (Fsp3) is 0.375. The van der Waals surface area contributed by atoms with Crippen LogP contribution in [-0.4, -0.2) is 28.4 Å². The van der Waals surface area contributed by atoms with Crippen LogP contribution in [0.25, 0.3) is 10.9 Å². The number of benzene rings is 2. The molecule has 1 aliphatic heterocycles. The van der Waals surface area contributed by atoms with Crippen molar-refractivity contribution >= 4 is 28.4 Å². The van der Waals surface area contributed by atoms with Crippen molar-refractivity contribution in [2.45, 2.75) is 45.2 Å². The minimum Gasteiger partial charge on any atom is -0.356 e. The molecule has 2 atom stereocenters. The largest absolute Gasteiger partial charge is 0.356 e. The first-order valence-corrected chi connectivity index (χ1v) is 10.7. The summed E-state index contributed by atoms with van der Waals surface area (Å²) in [4.78, 5) is 18.9. The van der Waals surface area contributed by atoms with Crippen molar-refractivity contribution in [1.82, 2.24) is 9.88 Å². The van der Waals surface area contributed by atoms with E-state index >= 15 is 0 Å². The van der Waals surface area contributed by atoms with Gasteiger partial charge in [-0.15, -0.1) is 0 Å². The summed E-state index contributed by atoms with van der Waals surface area (Å²) in [6.45, 7) is 5.08. The Bertz CT molecular complexity index is 1010. The minimum absolute atomic E-state index is 0.0132. The number of fused-ring (bicyclic) bond motifs is 3. The molecule has 4 nitrogen and oxygen atoms in total. The number of carbonyl (C=O) groups excluding carboxylic acids is 1. The molecule has 5 heteroatoms. The molecule has 152 valence electrons. The number of rotatable bonds is 5. The third-order valence-corrected chi connectivity index (χ3v) is 6.04. The maximum Gasteiger partial charge on any atom is 0.240 e. The van der Waals surface area contributed by atoms with Crippen LogP contribution in [0, 0.1) is 5.92 Å². The van der Waals surface area contributed by atoms with Crippen LogP contribution in [-0.2, 0) is 17.6 Å². The van der Waals surface area contributed by atoms with E-state index < -0.39 is 6.04 Å². The molecule has 0 aliphatic carbocycles. The molecule has 2 heterocycles. The zero-order valence-corrected chi connectivity index (χ0v) is 17.7. The highest BCUT2D eigenvalue weighted by Crippen LogP contribution is 2.38. The molecular weight excluding hydrogens is 382 g/mol. The Labute approximate surface area is 177 Å². The normalized spacial score (nSPS) is 17.6. The van der Waals surface area contributed by atoms with E-state index in [-0.39, 0.29) is 11.9 Å². The summed E-state index contributed by atoms with van der Waals surface area (Å²) in [6.07, 6.45) is 2.27. The molecule has 3 aromatic rings. The third-order valence-electron chi connectivity index (χ3n) is 5.81. The fourth-order valence-corrected chi connectivity index (χ4v) is 4.63. The lowest BCUT2D eigenvalue weighted by Gasteiger charge is -2.38. The molecule has 3 N–H and O–H groups in total. The van der Waals surface area contributed by atoms with Gasteiger partial charge in [-0.3, -0.25) is 4.79 Å². The summed E-state index contributed by atoms with van der Waals surface area (Å²) in [7, 11) is 0. The number of carbonyl (C=O) groups is 1. The molecule has 0 radical (unpaired) electrons. The lowest BCUT2D eigenvalue weighted by Crippen LogP contribution is -2.49. The molecule has 0 bridgehead atoms. The van der Waals surface area contributed by atoms with E-state index in [1.165, 1.54) is 10.9 Å². The zero-order chi connectivity index (χ0) is 20.5. The molecule has 4 rings (SSSR count). The third kappa shape index (κ3) is 4.05. The van der Waals surface area contributed by atoms with Gasteiger partial charge in [0.05, 0.1) is 12.1 Å². The second-order valence-corrected chi connectivity index (χ2v) is 8.87. The van der Waals surface area contributed by atoms with Gasteiger partial charge in [0.15, 0.2) is 0 Å². The Kier molecular flexibility index (Phi) is 5.66. The van der Waals surface area contributed by atoms with Gasteiger partial charge in [0.25, 0.3) is 0 Å². The van der Waals surface area contributed by atoms with Crippen molar-refractivity contribution in [2.75, 3.05) is 6.54 Å². The van der Waals surface area contributed by atoms with E-state index in [4.69, 9.17) is 17.3 Å². The number of hydrogen-bond acceptors (Lipinski definition) is 2. The van der Waals surface area contributed by atoms with Crippen LogP contribution < -0.4 is 5.73 Å². The Morgan fingerprint density at radius 3 is 2.72 bits per heavy atom. The van der Waals surface area contributed by atoms with Gasteiger partial charge in [0.2, 0.25) is 5.91 Å². The van der Waals surface area contributed by atoms with Crippen molar-refractivity contribution in [3.8, 4) is 0 Å². The molecule has 0 spiro atoms. The van der Waals surface area contributed by atoms with E-state index in [1.807, 2.05) is 53.4 Å². The first-order chi connectivity index (χ1) is 13.9. The molecule has 2 aromatic carbocycles. The predicted octanol–water partition coefficient (Wildman–Crippen LogP) is 4.86. The average molecular weight is 410 g/mol. The van der Waals surface area contributed by atoms with E-state index in [0.29, 0.717) is 18.9 Å². The highest BCUT2D eigenvalue weighted by molar-refractivity contribution is 6.31. The van der Waals surface area contributed by atoms with Gasteiger partial charge < -0.3 is 15.6 Å². The van der Waals surface area contributed by atoms with Crippen molar-refractivity contribution < 1.29 is 4.79 Å². The van der Waals surface area contributed by atoms with Gasteiger partial charge in [0.1, 0.15) is 0 Å². The van der Waals surface area contributed by atoms with Crippen LogP contribution in [0.4, 0.5) is 0 Å². The lowest BCUT2D eigenvalue weighted by atomic mass is 9.90. The van der Waals surface area contributed by atoms with Gasteiger partial charge >= 0.3 is 0 Å². The first kappa shape index (κ1) is 20.0. The van der Waals surface area contributed by atoms with Crippen LogP contribution in [0.3, 0.4) is 0 Å². The van der Waals surface area contributed by atoms with E-state index in [1.54, 1.807) is 0 Å². The number of nitrogens with two attached hydrogens (primary N) is 1. The van der Waals surface area contributed by atoms with Gasteiger partial charge in [0, 0.05) is 28.2 Å². The maximum atomic E-state index is 13.3. The molecule has 0 saturated heterocycles. The molecule has 0 fully saturated rings. The lowest BCUT2D eigenvalue weighted by molar-refractivity contribution is -0.136. The summed E-state index contributed by atoms with van der Waals surface area (Å²) in [5, 5.41) is 1.91. The molecule has 1 amide bonds. The SMILES string of the molecule is CC(C)CC1c2[nH]c3ccc(Cl)cc3c2CCN1C(=O)C(N)Cc1ccccc1. The van der Waals surface area contributed by atoms with Crippen LogP contribution in [0.5, 0.6) is 0 Å². The first-order valence-electron chi connectivity index (χ1n) is 10.3. The van der Waals surface area contributed by atoms with Crippen LogP contribution >= 0.6 is 11.6 Å². The van der Waals surface area contributed by atoms with E-state index in [9.17, 15) is 4.79 Å². The number of H-pyrrole nitrogens is 1. The summed E-state index contributed by atoms with van der Waals surface area (Å²) >= 11 is 6.24. The average Bonchev–Trinajstić information content (AvgIpc) is 3.06. The van der Waals surface area contributed by atoms with Crippen molar-refractivity contribution in [3.63, 3.8) is 0 Å². The number of hydrogen-bond donors (Lipinski definition) is 2. The molecular formula is C24H28ClN3O. The van der Waals surface area contributed by atoms with Crippen molar-refractivity contribution in [3.05, 3.63) is 70.4 Å². The topological polar surface area (TPSA) is 62.1 Å². The van der Waals surface area contributed by atoms with E-state index in [2.05, 4.69) is 18.8 Å². The zero-order valence-electron chi connectivity index (χ0n) is 17.0. The number of amides is 1. The highest BCUT2D eigenvalue weighted by atomic mass is 35.5. The van der Waals surface area contributed by atoms with Crippen molar-refractivity contribution in [2.24, 2.45) is 11.7 Å². The number of aromatic nitrogens is 1. The smallest absolute Gasteiger partial charge is 0.240 e. The highest BCUT2D eigenvalue weighted by Gasteiger charge is 2.35. The number of nitrogens with zero attached hydrogens (tertiary/aromatic N) is 1. The summed E-state index contributed by atoms with van der Waals surface area (Å²) in [5.74, 6) is 0.489. The second kappa shape index (κ2) is 8.21. The van der Waals surface area contributed by atoms with E-state index in [0.717, 1.165) is 34.6 Å². The number of halogens is 1. The summed E-state index contributed by atoms with van der Waals surface area (Å²) in [6, 6.07) is 15.4. The van der Waals surface area contributed by atoms with Crippen LogP contribution in [0.2, 0.25) is 5.02 Å². The Balaban J connectivity index is 1.65. The van der Waals surface area contributed by atoms with Gasteiger partial charge in [-0.1, -0.05) is 55.8 Å². The fourth-order valence-electron chi connectivity index (χ4n) is 4.46. The minimum atomic E-state index is -0.535. The van der Waals surface area contributed by atoms with Gasteiger partial charge in [-0.25, -0.2) is 0 Å². The van der Waals surface area contributed by atoms with Crippen molar-refractivity contribution in [1.29, 1.82) is 0 Å². The summed E-state index contributed by atoms with van der Waals surface area (Å²) < 4.78 is 0. The Morgan fingerprint density at radius 1 is 1.24 bits per heavy atom. The van der Waals surface area contributed by atoms with Crippen LogP contribution in [0.1, 0.15) is 43.1 Å². The maximum absolute atomic E-state index is 13.3. The van der Waals surface area contributed by atoms with Gasteiger partial charge in [-0.05, 0) is 54.5 Å². The predicted molar refractivity (Wildman–Crippen MR) is 119 cm³/mol. The summed E-state index contributed by atoms with van der Waals surface area (Å²) in [5.41, 5.74) is 11.0. The number of aromatic amines is 1. The van der Waals surface area contributed by atoms with Gasteiger partial charge in [-0.2, -0.15) is 0 Å². The number of nitrogens with one attached hydrogen (secondary N) is 1. The second-order valence-electron chi connectivity index (χ2n) is 8.43. The molecule has 1 aliphatic rings. The molecule has 1 aromatic heterocycles. The Morgan fingerprint density at radius 2 is 2.00 bits per heavy atom.